The second kappa shape index (κ2) is 5.82. The van der Waals surface area contributed by atoms with Crippen LogP contribution in [0.2, 0.25) is 0 Å². The average molecular weight is 326 g/mol. The molecule has 2 aliphatic heterocycles. The first-order chi connectivity index (χ1) is 10.8. The van der Waals surface area contributed by atoms with Gasteiger partial charge in [0.25, 0.3) is 5.91 Å². The first-order valence-corrected chi connectivity index (χ1v) is 7.99. The van der Waals surface area contributed by atoms with E-state index in [1.807, 2.05) is 0 Å². The Balaban J connectivity index is 1.85. The molecule has 1 spiro atoms. The van der Waals surface area contributed by atoms with Crippen molar-refractivity contribution in [1.29, 1.82) is 0 Å². The van der Waals surface area contributed by atoms with Crippen LogP contribution in [-0.2, 0) is 6.18 Å². The molecule has 3 nitrogen and oxygen atoms in total. The van der Waals surface area contributed by atoms with Crippen LogP contribution >= 0.6 is 0 Å². The van der Waals surface area contributed by atoms with Crippen molar-refractivity contribution in [3.8, 4) is 0 Å². The number of hydrogen-bond donors (Lipinski definition) is 1. The number of carbonyl (C=O) groups excluding carboxylic acids is 1. The van der Waals surface area contributed by atoms with Crippen LogP contribution in [-0.4, -0.2) is 37.0 Å². The summed E-state index contributed by atoms with van der Waals surface area (Å²) in [5.74, 6) is -0.278. The predicted molar refractivity (Wildman–Crippen MR) is 81.2 cm³/mol. The van der Waals surface area contributed by atoms with Crippen LogP contribution in [0.4, 0.5) is 13.2 Å². The van der Waals surface area contributed by atoms with Crippen molar-refractivity contribution in [1.82, 2.24) is 10.2 Å². The Bertz CT molecular complexity index is 606. The van der Waals surface area contributed by atoms with Crippen molar-refractivity contribution in [2.45, 2.75) is 32.4 Å². The van der Waals surface area contributed by atoms with Gasteiger partial charge >= 0.3 is 6.18 Å². The molecule has 0 aliphatic carbocycles. The van der Waals surface area contributed by atoms with Gasteiger partial charge in [-0.25, -0.2) is 0 Å². The van der Waals surface area contributed by atoms with Gasteiger partial charge in [0.2, 0.25) is 0 Å². The highest BCUT2D eigenvalue weighted by Crippen LogP contribution is 2.36. The second-order valence-corrected chi connectivity index (χ2v) is 6.78. The van der Waals surface area contributed by atoms with Gasteiger partial charge < -0.3 is 10.2 Å². The number of rotatable bonds is 1. The molecule has 0 aromatic heterocycles. The van der Waals surface area contributed by atoms with Crippen LogP contribution in [0, 0.1) is 12.3 Å². The number of halogens is 3. The van der Waals surface area contributed by atoms with Crippen molar-refractivity contribution in [3.63, 3.8) is 0 Å². The average Bonchev–Trinajstić information content (AvgIpc) is 2.93. The van der Waals surface area contributed by atoms with Gasteiger partial charge in [0, 0.05) is 30.6 Å². The van der Waals surface area contributed by atoms with Crippen LogP contribution < -0.4 is 5.32 Å². The summed E-state index contributed by atoms with van der Waals surface area (Å²) in [6.07, 6.45) is -1.42. The van der Waals surface area contributed by atoms with Crippen LogP contribution in [0.3, 0.4) is 0 Å². The van der Waals surface area contributed by atoms with E-state index in [4.69, 9.17) is 0 Å². The minimum atomic E-state index is -4.43. The third-order valence-corrected chi connectivity index (χ3v) is 5.08. The molecule has 23 heavy (non-hydrogen) atoms. The number of aryl methyl sites for hydroxylation is 1. The summed E-state index contributed by atoms with van der Waals surface area (Å²) in [7, 11) is 0. The fraction of sp³-hybridized carbons (Fsp3) is 0.588. The molecule has 2 saturated heterocycles. The minimum absolute atomic E-state index is 0.101. The van der Waals surface area contributed by atoms with Gasteiger partial charge in [0.15, 0.2) is 0 Å². The van der Waals surface area contributed by atoms with E-state index in [0.717, 1.165) is 44.5 Å². The highest BCUT2D eigenvalue weighted by Gasteiger charge is 2.40. The Morgan fingerprint density at radius 1 is 1.30 bits per heavy atom. The number of alkyl halides is 3. The zero-order chi connectivity index (χ0) is 16.7. The summed E-state index contributed by atoms with van der Waals surface area (Å²) in [5, 5.41) is 3.34. The van der Waals surface area contributed by atoms with Crippen LogP contribution in [0.5, 0.6) is 0 Å². The Kier molecular flexibility index (Phi) is 4.12. The predicted octanol–water partition coefficient (Wildman–Crippen LogP) is 3.23. The lowest BCUT2D eigenvalue weighted by molar-refractivity contribution is -0.137. The molecule has 1 N–H and O–H groups in total. The largest absolute Gasteiger partial charge is 0.416 e. The van der Waals surface area contributed by atoms with Crippen molar-refractivity contribution < 1.29 is 18.0 Å². The summed E-state index contributed by atoms with van der Waals surface area (Å²) < 4.78 is 38.7. The lowest BCUT2D eigenvalue weighted by Gasteiger charge is -2.40. The Hall–Kier alpha value is -1.56. The zero-order valence-corrected chi connectivity index (χ0v) is 13.2. The quantitative estimate of drug-likeness (QED) is 0.859. The molecular weight excluding hydrogens is 305 g/mol. The minimum Gasteiger partial charge on any atom is -0.338 e. The molecule has 0 bridgehead atoms. The Labute approximate surface area is 133 Å². The van der Waals surface area contributed by atoms with Gasteiger partial charge in [0.05, 0.1) is 5.56 Å². The number of nitrogens with one attached hydrogen (secondary N) is 1. The number of amides is 1. The van der Waals surface area contributed by atoms with Gasteiger partial charge in [-0.3, -0.25) is 4.79 Å². The first-order valence-electron chi connectivity index (χ1n) is 7.99. The number of nitrogens with zero attached hydrogens (tertiary/aromatic N) is 1. The number of benzene rings is 1. The third kappa shape index (κ3) is 3.22. The normalized spacial score (nSPS) is 25.1. The van der Waals surface area contributed by atoms with Crippen molar-refractivity contribution >= 4 is 5.91 Å². The summed E-state index contributed by atoms with van der Waals surface area (Å²) >= 11 is 0. The molecule has 2 heterocycles. The van der Waals surface area contributed by atoms with Crippen molar-refractivity contribution in [2.75, 3.05) is 26.2 Å². The van der Waals surface area contributed by atoms with E-state index >= 15 is 0 Å². The molecule has 126 valence electrons. The van der Waals surface area contributed by atoms with E-state index in [-0.39, 0.29) is 16.9 Å². The first kappa shape index (κ1) is 16.3. The number of hydrogen-bond acceptors (Lipinski definition) is 2. The van der Waals surface area contributed by atoms with E-state index < -0.39 is 11.7 Å². The number of piperidine rings is 1. The van der Waals surface area contributed by atoms with Crippen molar-refractivity contribution in [2.24, 2.45) is 5.41 Å². The summed E-state index contributed by atoms with van der Waals surface area (Å²) in [6, 6.07) is 3.41. The van der Waals surface area contributed by atoms with E-state index in [2.05, 4.69) is 5.32 Å². The molecule has 1 amide bonds. The van der Waals surface area contributed by atoms with Gasteiger partial charge in [-0.2, -0.15) is 13.2 Å². The number of carbonyl (C=O) groups is 1. The molecule has 3 rings (SSSR count). The van der Waals surface area contributed by atoms with E-state index in [1.165, 1.54) is 6.07 Å². The second-order valence-electron chi connectivity index (χ2n) is 6.78. The summed E-state index contributed by atoms with van der Waals surface area (Å²) in [4.78, 5) is 14.5. The molecule has 1 atom stereocenters. The zero-order valence-electron chi connectivity index (χ0n) is 13.2. The van der Waals surface area contributed by atoms with Gasteiger partial charge in [-0.1, -0.05) is 6.07 Å². The van der Waals surface area contributed by atoms with Crippen LogP contribution in [0.1, 0.15) is 40.7 Å². The lowest BCUT2D eigenvalue weighted by Crippen LogP contribution is -2.47. The standard InChI is InChI=1S/C17H21F3N2O/c1-12-3-4-13(17(18,19)20)9-14(12)15(23)22-8-2-5-16(11-22)6-7-21-10-16/h3-4,9,21H,2,5-8,10-11H2,1H3. The van der Waals surface area contributed by atoms with E-state index in [9.17, 15) is 18.0 Å². The molecule has 0 saturated carbocycles. The summed E-state index contributed by atoms with van der Waals surface area (Å²) in [6.45, 7) is 4.78. The maximum atomic E-state index is 12.9. The Morgan fingerprint density at radius 3 is 2.74 bits per heavy atom. The smallest absolute Gasteiger partial charge is 0.338 e. The lowest BCUT2D eigenvalue weighted by atomic mass is 9.79. The number of likely N-dealkylation sites (tertiary alicyclic amines) is 1. The molecule has 2 fully saturated rings. The fourth-order valence-electron chi connectivity index (χ4n) is 3.72. The molecule has 1 unspecified atom stereocenters. The maximum absolute atomic E-state index is 12.9. The topological polar surface area (TPSA) is 32.3 Å². The molecule has 1 aromatic rings. The van der Waals surface area contributed by atoms with E-state index in [0.29, 0.717) is 18.7 Å². The van der Waals surface area contributed by atoms with Gasteiger partial charge in [-0.15, -0.1) is 0 Å². The summed E-state index contributed by atoms with van der Waals surface area (Å²) in [5.41, 5.74) is 0.0967. The molecule has 0 radical (unpaired) electrons. The fourth-order valence-corrected chi connectivity index (χ4v) is 3.72. The van der Waals surface area contributed by atoms with Gasteiger partial charge in [0.1, 0.15) is 0 Å². The van der Waals surface area contributed by atoms with Gasteiger partial charge in [-0.05, 0) is 50.4 Å². The monoisotopic (exact) mass is 326 g/mol. The van der Waals surface area contributed by atoms with Crippen LogP contribution in [0.25, 0.3) is 0 Å². The van der Waals surface area contributed by atoms with Crippen molar-refractivity contribution in [3.05, 3.63) is 34.9 Å². The highest BCUT2D eigenvalue weighted by molar-refractivity contribution is 5.96. The van der Waals surface area contributed by atoms with Crippen LogP contribution in [0.15, 0.2) is 18.2 Å². The molecule has 2 aliphatic rings. The van der Waals surface area contributed by atoms with E-state index in [1.54, 1.807) is 11.8 Å². The molecule has 1 aromatic carbocycles. The highest BCUT2D eigenvalue weighted by atomic mass is 19.4. The molecule has 6 heteroatoms. The maximum Gasteiger partial charge on any atom is 0.416 e. The molecular formula is C17H21F3N2O. The Morgan fingerprint density at radius 2 is 2.09 bits per heavy atom. The SMILES string of the molecule is Cc1ccc(C(F)(F)F)cc1C(=O)N1CCCC2(CCNC2)C1. The third-order valence-electron chi connectivity index (χ3n) is 5.08.